The van der Waals surface area contributed by atoms with E-state index in [1.165, 1.54) is 0 Å². The lowest BCUT2D eigenvalue weighted by molar-refractivity contribution is -0.145. The Kier molecular flexibility index (Phi) is 4.82. The standard InChI is InChI=1S/C17H23ClO3/c1-11(2)15-13(9-12(18)10-14(15)21-3)17(16(19)20)7-5-4-6-8-17/h9-11H,4-8H2,1-3H3,(H,19,20). The fourth-order valence-corrected chi connectivity index (χ4v) is 3.72. The Morgan fingerprint density at radius 1 is 1.29 bits per heavy atom. The van der Waals surface area contributed by atoms with Crippen LogP contribution in [0.15, 0.2) is 12.1 Å². The second-order valence-electron chi connectivity index (χ2n) is 6.17. The SMILES string of the molecule is COc1cc(Cl)cc(C2(C(=O)O)CCCCC2)c1C(C)C. The second kappa shape index (κ2) is 6.27. The van der Waals surface area contributed by atoms with Gasteiger partial charge in [0.15, 0.2) is 0 Å². The molecule has 0 atom stereocenters. The topological polar surface area (TPSA) is 46.5 Å². The van der Waals surface area contributed by atoms with Gasteiger partial charge in [-0.25, -0.2) is 0 Å². The molecule has 0 aliphatic heterocycles. The summed E-state index contributed by atoms with van der Waals surface area (Å²) in [5, 5.41) is 10.5. The van der Waals surface area contributed by atoms with Gasteiger partial charge >= 0.3 is 5.97 Å². The molecule has 0 heterocycles. The fourth-order valence-electron chi connectivity index (χ4n) is 3.51. The third kappa shape index (κ3) is 2.89. The van der Waals surface area contributed by atoms with E-state index in [1.807, 2.05) is 6.07 Å². The molecule has 1 aromatic rings. The van der Waals surface area contributed by atoms with E-state index >= 15 is 0 Å². The molecule has 0 bridgehead atoms. The predicted octanol–water partition coefficient (Wildman–Crippen LogP) is 4.76. The van der Waals surface area contributed by atoms with Crippen molar-refractivity contribution >= 4 is 17.6 Å². The molecular formula is C17H23ClO3. The van der Waals surface area contributed by atoms with Crippen molar-refractivity contribution in [2.24, 2.45) is 0 Å². The molecule has 0 saturated heterocycles. The number of carboxylic acids is 1. The summed E-state index contributed by atoms with van der Waals surface area (Å²) in [5.74, 6) is 0.137. The summed E-state index contributed by atoms with van der Waals surface area (Å²) < 4.78 is 5.47. The van der Waals surface area contributed by atoms with Crippen LogP contribution in [-0.2, 0) is 10.2 Å². The molecule has 3 nitrogen and oxygen atoms in total. The molecule has 1 N–H and O–H groups in total. The van der Waals surface area contributed by atoms with Crippen molar-refractivity contribution < 1.29 is 14.6 Å². The van der Waals surface area contributed by atoms with Crippen LogP contribution in [0.2, 0.25) is 5.02 Å². The van der Waals surface area contributed by atoms with E-state index < -0.39 is 11.4 Å². The first-order valence-electron chi connectivity index (χ1n) is 7.53. The zero-order valence-electron chi connectivity index (χ0n) is 12.9. The van der Waals surface area contributed by atoms with Crippen molar-refractivity contribution in [3.63, 3.8) is 0 Å². The van der Waals surface area contributed by atoms with Crippen LogP contribution in [0.25, 0.3) is 0 Å². The molecule has 0 unspecified atom stereocenters. The Balaban J connectivity index is 2.69. The largest absolute Gasteiger partial charge is 0.496 e. The molecule has 1 fully saturated rings. The molecule has 1 aliphatic rings. The average Bonchev–Trinajstić information content (AvgIpc) is 2.46. The Hall–Kier alpha value is -1.22. The molecule has 21 heavy (non-hydrogen) atoms. The normalized spacial score (nSPS) is 17.8. The number of halogens is 1. The zero-order valence-corrected chi connectivity index (χ0v) is 13.7. The molecule has 0 radical (unpaired) electrons. The first-order chi connectivity index (χ1) is 9.92. The molecular weight excluding hydrogens is 288 g/mol. The van der Waals surface area contributed by atoms with Gasteiger partial charge < -0.3 is 9.84 Å². The Bertz CT molecular complexity index is 531. The van der Waals surface area contributed by atoms with Gasteiger partial charge in [0, 0.05) is 10.6 Å². The molecule has 116 valence electrons. The van der Waals surface area contributed by atoms with Crippen LogP contribution in [0.4, 0.5) is 0 Å². The summed E-state index contributed by atoms with van der Waals surface area (Å²) >= 11 is 6.22. The van der Waals surface area contributed by atoms with Crippen molar-refractivity contribution in [1.82, 2.24) is 0 Å². The highest BCUT2D eigenvalue weighted by atomic mass is 35.5. The van der Waals surface area contributed by atoms with Crippen LogP contribution in [0, 0.1) is 0 Å². The van der Waals surface area contributed by atoms with Gasteiger partial charge in [0.1, 0.15) is 5.75 Å². The number of benzene rings is 1. The van der Waals surface area contributed by atoms with Gasteiger partial charge in [-0.15, -0.1) is 0 Å². The highest BCUT2D eigenvalue weighted by Crippen LogP contribution is 2.46. The summed E-state index contributed by atoms with van der Waals surface area (Å²) in [6.07, 6.45) is 4.33. The Labute approximate surface area is 131 Å². The first kappa shape index (κ1) is 16.2. The lowest BCUT2D eigenvalue weighted by Crippen LogP contribution is -2.39. The molecule has 2 rings (SSSR count). The summed E-state index contributed by atoms with van der Waals surface area (Å²) in [6.45, 7) is 4.13. The zero-order chi connectivity index (χ0) is 15.6. The number of methoxy groups -OCH3 is 1. The number of ether oxygens (including phenoxy) is 1. The van der Waals surface area contributed by atoms with Gasteiger partial charge in [-0.1, -0.05) is 44.7 Å². The maximum Gasteiger partial charge on any atom is 0.314 e. The van der Waals surface area contributed by atoms with Gasteiger partial charge in [-0.05, 0) is 36.5 Å². The minimum atomic E-state index is -0.823. The second-order valence-corrected chi connectivity index (χ2v) is 6.61. The van der Waals surface area contributed by atoms with Crippen LogP contribution < -0.4 is 4.74 Å². The molecule has 0 spiro atoms. The van der Waals surface area contributed by atoms with E-state index in [2.05, 4.69) is 13.8 Å². The molecule has 0 amide bonds. The minimum Gasteiger partial charge on any atom is -0.496 e. The van der Waals surface area contributed by atoms with Gasteiger partial charge in [-0.2, -0.15) is 0 Å². The first-order valence-corrected chi connectivity index (χ1v) is 7.91. The molecule has 0 aromatic heterocycles. The maximum absolute atomic E-state index is 12.1. The summed E-state index contributed by atoms with van der Waals surface area (Å²) in [6, 6.07) is 3.61. The summed E-state index contributed by atoms with van der Waals surface area (Å²) in [7, 11) is 1.61. The van der Waals surface area contributed by atoms with Gasteiger partial charge in [-0.3, -0.25) is 4.79 Å². The lowest BCUT2D eigenvalue weighted by atomic mass is 9.67. The van der Waals surface area contributed by atoms with E-state index in [0.717, 1.165) is 30.4 Å². The van der Waals surface area contributed by atoms with Gasteiger partial charge in [0.2, 0.25) is 0 Å². The lowest BCUT2D eigenvalue weighted by Gasteiger charge is -2.36. The average molecular weight is 311 g/mol. The molecule has 4 heteroatoms. The number of hydrogen-bond acceptors (Lipinski definition) is 2. The third-order valence-electron chi connectivity index (χ3n) is 4.54. The van der Waals surface area contributed by atoms with Gasteiger partial charge in [0.05, 0.1) is 12.5 Å². The number of carbonyl (C=O) groups is 1. The van der Waals surface area contributed by atoms with Crippen molar-refractivity contribution in [2.45, 2.75) is 57.3 Å². The Morgan fingerprint density at radius 3 is 2.38 bits per heavy atom. The van der Waals surface area contributed by atoms with Crippen LogP contribution in [-0.4, -0.2) is 18.2 Å². The van der Waals surface area contributed by atoms with Crippen LogP contribution >= 0.6 is 11.6 Å². The highest BCUT2D eigenvalue weighted by molar-refractivity contribution is 6.30. The van der Waals surface area contributed by atoms with Gasteiger partial charge in [0.25, 0.3) is 0 Å². The van der Waals surface area contributed by atoms with E-state index in [0.29, 0.717) is 23.6 Å². The van der Waals surface area contributed by atoms with Crippen molar-refractivity contribution in [2.75, 3.05) is 7.11 Å². The van der Waals surface area contributed by atoms with Crippen LogP contribution in [0.1, 0.15) is 63.0 Å². The maximum atomic E-state index is 12.1. The van der Waals surface area contributed by atoms with Crippen molar-refractivity contribution in [1.29, 1.82) is 0 Å². The summed E-state index contributed by atoms with van der Waals surface area (Å²) in [5.41, 5.74) is 0.996. The number of carboxylic acid groups (broad SMARTS) is 1. The highest BCUT2D eigenvalue weighted by Gasteiger charge is 2.43. The number of rotatable bonds is 4. The molecule has 1 aliphatic carbocycles. The fraction of sp³-hybridized carbons (Fsp3) is 0.588. The van der Waals surface area contributed by atoms with E-state index in [9.17, 15) is 9.90 Å². The molecule has 1 aromatic carbocycles. The Morgan fingerprint density at radius 2 is 1.90 bits per heavy atom. The minimum absolute atomic E-state index is 0.186. The third-order valence-corrected chi connectivity index (χ3v) is 4.75. The van der Waals surface area contributed by atoms with Crippen LogP contribution in [0.5, 0.6) is 5.75 Å². The van der Waals surface area contributed by atoms with E-state index in [4.69, 9.17) is 16.3 Å². The number of hydrogen-bond donors (Lipinski definition) is 1. The van der Waals surface area contributed by atoms with E-state index in [1.54, 1.807) is 13.2 Å². The monoisotopic (exact) mass is 310 g/mol. The smallest absolute Gasteiger partial charge is 0.314 e. The van der Waals surface area contributed by atoms with E-state index in [-0.39, 0.29) is 5.92 Å². The number of aliphatic carboxylic acids is 1. The summed E-state index contributed by atoms with van der Waals surface area (Å²) in [4.78, 5) is 12.1. The van der Waals surface area contributed by atoms with Crippen molar-refractivity contribution in [3.05, 3.63) is 28.3 Å². The van der Waals surface area contributed by atoms with Crippen LogP contribution in [0.3, 0.4) is 0 Å². The molecule has 1 saturated carbocycles. The van der Waals surface area contributed by atoms with Crippen molar-refractivity contribution in [3.8, 4) is 5.75 Å². The predicted molar refractivity (Wildman–Crippen MR) is 84.5 cm³/mol. The quantitative estimate of drug-likeness (QED) is 0.872.